The van der Waals surface area contributed by atoms with E-state index in [-0.39, 0.29) is 60.8 Å². The molecule has 0 saturated carbocycles. The Morgan fingerprint density at radius 1 is 0.937 bits per heavy atom. The number of fused-ring (bicyclic) bond motifs is 8. The first kappa shape index (κ1) is 45.0. The highest BCUT2D eigenvalue weighted by Gasteiger charge is 2.38. The molecule has 2 aromatic heterocycles. The lowest BCUT2D eigenvalue weighted by atomic mass is 9.75. The molecular weight excluding hydrogens is 867 g/mol. The standard InChI is InChI=1S/C47H52F2N4O7S3/c1-30-12-15-35(16-13-30)63(57,58)53-22-18-36-37-19-23-62(55,56)29-45(2,3)20-9-21-47(6,32-11-8-10-31(24-32)25-33-28-59-46(4,5)60-33)44-50-43(52(7)51-44)38-26-34(14-17-39(38)48)61(54)42(37)40(49)27-41(36)53/h8,10-18,22,24,26-27,33H,9,19-21,23,25,28-29H2,1-7H3/t33-,47-,61?/m1/s1. The lowest BCUT2D eigenvalue weighted by Crippen LogP contribution is -2.29. The summed E-state index contributed by atoms with van der Waals surface area (Å²) in [6, 6.07) is 20.6. The Morgan fingerprint density at radius 3 is 2.40 bits per heavy atom. The van der Waals surface area contributed by atoms with Crippen LogP contribution < -0.4 is 0 Å². The number of ether oxygens (including phenoxy) is 2. The minimum atomic E-state index is -4.22. The average molecular weight is 919 g/mol. The fraction of sp³-hybridized carbons (Fsp3) is 0.404. The zero-order chi connectivity index (χ0) is 45.3. The third kappa shape index (κ3) is 8.93. The van der Waals surface area contributed by atoms with Crippen molar-refractivity contribution in [2.75, 3.05) is 18.1 Å². The highest BCUT2D eigenvalue weighted by atomic mass is 32.2. The number of hydrogen-bond acceptors (Lipinski definition) is 9. The number of aromatic nitrogens is 4. The molecular formula is C47H52F2N4O7S3. The molecule has 0 radical (unpaired) electrons. The van der Waals surface area contributed by atoms with Gasteiger partial charge >= 0.3 is 0 Å². The number of benzene rings is 4. The van der Waals surface area contributed by atoms with Crippen molar-refractivity contribution in [3.63, 3.8) is 0 Å². The minimum Gasteiger partial charge on any atom is -0.348 e. The van der Waals surface area contributed by atoms with Gasteiger partial charge in [0.2, 0.25) is 0 Å². The van der Waals surface area contributed by atoms with E-state index in [1.54, 1.807) is 19.2 Å². The molecule has 0 aliphatic carbocycles. The van der Waals surface area contributed by atoms with Crippen LogP contribution in [0.15, 0.2) is 99.7 Å². The zero-order valence-electron chi connectivity index (χ0n) is 36.4. The molecule has 16 heteroatoms. The van der Waals surface area contributed by atoms with Crippen LogP contribution in [0.2, 0.25) is 0 Å². The van der Waals surface area contributed by atoms with Gasteiger partial charge in [0.05, 0.1) is 61.3 Å². The summed E-state index contributed by atoms with van der Waals surface area (Å²) < 4.78 is 118. The quantitative estimate of drug-likeness (QED) is 0.166. The molecule has 1 fully saturated rings. The highest BCUT2D eigenvalue weighted by molar-refractivity contribution is 7.91. The fourth-order valence-corrected chi connectivity index (χ4v) is 13.6. The van der Waals surface area contributed by atoms with Gasteiger partial charge in [0.25, 0.3) is 10.0 Å². The number of halogens is 2. The van der Waals surface area contributed by atoms with Gasteiger partial charge < -0.3 is 9.47 Å². The van der Waals surface area contributed by atoms with E-state index in [2.05, 4.69) is 6.07 Å². The van der Waals surface area contributed by atoms with Crippen molar-refractivity contribution in [2.45, 2.75) is 106 Å². The maximum Gasteiger partial charge on any atom is 0.268 e. The number of aryl methyl sites for hydroxylation is 3. The third-order valence-electron chi connectivity index (χ3n) is 12.3. The van der Waals surface area contributed by atoms with Gasteiger partial charge in [0.15, 0.2) is 27.3 Å². The summed E-state index contributed by atoms with van der Waals surface area (Å²) in [5.74, 6) is -2.35. The molecule has 6 aromatic rings. The molecule has 0 N–H and O–H groups in total. The topological polar surface area (TPSA) is 139 Å². The molecule has 2 aliphatic heterocycles. The second-order valence-electron chi connectivity index (χ2n) is 18.4. The van der Waals surface area contributed by atoms with Crippen LogP contribution in [-0.2, 0) is 65.4 Å². The Kier molecular flexibility index (Phi) is 11.7. The van der Waals surface area contributed by atoms with E-state index in [1.165, 1.54) is 41.2 Å². The summed E-state index contributed by atoms with van der Waals surface area (Å²) in [5.41, 5.74) is 1.33. The van der Waals surface area contributed by atoms with E-state index in [0.717, 1.165) is 32.8 Å². The van der Waals surface area contributed by atoms with E-state index in [0.29, 0.717) is 38.1 Å². The van der Waals surface area contributed by atoms with Crippen LogP contribution in [-0.4, -0.2) is 69.8 Å². The van der Waals surface area contributed by atoms with E-state index in [1.807, 2.05) is 59.7 Å². The van der Waals surface area contributed by atoms with Crippen LogP contribution >= 0.6 is 0 Å². The van der Waals surface area contributed by atoms with Gasteiger partial charge in [0.1, 0.15) is 11.6 Å². The largest absolute Gasteiger partial charge is 0.348 e. The van der Waals surface area contributed by atoms with E-state index in [9.17, 15) is 21.0 Å². The summed E-state index contributed by atoms with van der Waals surface area (Å²) in [5, 5.41) is 5.10. The Bertz CT molecular complexity index is 3000. The summed E-state index contributed by atoms with van der Waals surface area (Å²) in [6.45, 7) is 11.9. The van der Waals surface area contributed by atoms with Crippen LogP contribution in [0, 0.1) is 24.0 Å². The summed E-state index contributed by atoms with van der Waals surface area (Å²) in [4.78, 5) is 4.67. The van der Waals surface area contributed by atoms with Crippen LogP contribution in [0.1, 0.15) is 82.0 Å². The molecule has 63 heavy (non-hydrogen) atoms. The molecule has 4 heterocycles. The van der Waals surface area contributed by atoms with Gasteiger partial charge in [-0.2, -0.15) is 5.10 Å². The van der Waals surface area contributed by atoms with Crippen LogP contribution in [0.4, 0.5) is 8.78 Å². The number of rotatable bonds is 5. The van der Waals surface area contributed by atoms with Crippen LogP contribution in [0.25, 0.3) is 22.3 Å². The smallest absolute Gasteiger partial charge is 0.268 e. The molecule has 1 saturated heterocycles. The Labute approximate surface area is 370 Å². The van der Waals surface area contributed by atoms with E-state index < -0.39 is 64.7 Å². The van der Waals surface area contributed by atoms with Crippen LogP contribution in [0.3, 0.4) is 0 Å². The second kappa shape index (κ2) is 16.4. The molecule has 3 atom stereocenters. The van der Waals surface area contributed by atoms with E-state index in [4.69, 9.17) is 19.6 Å². The van der Waals surface area contributed by atoms with Gasteiger partial charge in [-0.3, -0.25) is 0 Å². The fourth-order valence-electron chi connectivity index (χ4n) is 8.99. The van der Waals surface area contributed by atoms with Crippen molar-refractivity contribution in [1.29, 1.82) is 0 Å². The van der Waals surface area contributed by atoms with E-state index >= 15 is 8.78 Å². The second-order valence-corrected chi connectivity index (χ2v) is 23.8. The number of sulfone groups is 1. The van der Waals surface area contributed by atoms with Crippen molar-refractivity contribution in [3.8, 4) is 11.4 Å². The molecule has 2 aliphatic rings. The van der Waals surface area contributed by atoms with Gasteiger partial charge in [0, 0.05) is 36.0 Å². The van der Waals surface area contributed by atoms with Gasteiger partial charge in [-0.15, -0.1) is 0 Å². The van der Waals surface area contributed by atoms with Crippen molar-refractivity contribution in [2.24, 2.45) is 12.5 Å². The first-order valence-electron chi connectivity index (χ1n) is 21.0. The minimum absolute atomic E-state index is 0.0117. The average Bonchev–Trinajstić information content (AvgIpc) is 3.92. The first-order valence-corrected chi connectivity index (χ1v) is 25.4. The molecule has 8 rings (SSSR count). The highest BCUT2D eigenvalue weighted by Crippen LogP contribution is 2.41. The SMILES string of the molecule is Cc1ccc(S(=O)(=O)n2ccc3c4c(c(F)cc32)S(=O)c2ccc(F)c(c2)-c2nc(nn2C)[C@@](C)(c2cccc(C[C@@H]3COC(C)(C)O3)c2)CCCC(C)(C)CS(=O)(=O)CC4)cc1. The zero-order valence-corrected chi connectivity index (χ0v) is 38.9. The predicted molar refractivity (Wildman–Crippen MR) is 238 cm³/mol. The maximum atomic E-state index is 16.7. The number of hydrogen-bond donors (Lipinski definition) is 0. The van der Waals surface area contributed by atoms with Crippen LogP contribution in [0.5, 0.6) is 0 Å². The monoisotopic (exact) mass is 918 g/mol. The molecule has 0 amide bonds. The normalized spacial score (nSPS) is 22.6. The molecule has 11 nitrogen and oxygen atoms in total. The van der Waals surface area contributed by atoms with Crippen molar-refractivity contribution < 1.29 is 39.3 Å². The molecule has 0 spiro atoms. The lowest BCUT2D eigenvalue weighted by Gasteiger charge is -2.31. The third-order valence-corrected chi connectivity index (χ3v) is 17.5. The lowest BCUT2D eigenvalue weighted by molar-refractivity contribution is -0.138. The van der Waals surface area contributed by atoms with Crippen molar-refractivity contribution in [3.05, 3.63) is 125 Å². The first-order chi connectivity index (χ1) is 29.6. The Hall–Kier alpha value is -4.61. The van der Waals surface area contributed by atoms with Crippen molar-refractivity contribution in [1.82, 2.24) is 18.7 Å². The molecule has 4 aromatic carbocycles. The summed E-state index contributed by atoms with van der Waals surface area (Å²) in [6.07, 6.45) is 3.14. The molecule has 4 bridgehead atoms. The van der Waals surface area contributed by atoms with Gasteiger partial charge in [-0.1, -0.05) is 62.2 Å². The predicted octanol–water partition coefficient (Wildman–Crippen LogP) is 8.59. The Morgan fingerprint density at radius 2 is 1.68 bits per heavy atom. The van der Waals surface area contributed by atoms with Gasteiger partial charge in [-0.05, 0) is 105 Å². The summed E-state index contributed by atoms with van der Waals surface area (Å²) >= 11 is 0. The Balaban J connectivity index is 1.26. The maximum absolute atomic E-state index is 16.7. The molecule has 334 valence electrons. The molecule has 1 unspecified atom stereocenters. The summed E-state index contributed by atoms with van der Waals surface area (Å²) in [7, 11) is -8.73. The number of nitrogens with zero attached hydrogens (tertiary/aromatic N) is 4. The van der Waals surface area contributed by atoms with Gasteiger partial charge in [-0.25, -0.2) is 43.5 Å². The van der Waals surface area contributed by atoms with Crippen molar-refractivity contribution >= 4 is 41.6 Å².